The standard InChI is InChI=1S/C27H28N4O5/c1-4-20-10-6-8-12-22(20)29-25(32)17-36-23-14-13-19(15-24(23)35-3)16-28-31-27(34)26(33)30-21-11-7-5-9-18(21)2/h5-16H,4,17H2,1-3H3,(H,29,32)(H,30,33)(H,31,34)/b28-16-. The number of hydrogen-bond donors (Lipinski definition) is 3. The average molecular weight is 489 g/mol. The Bertz CT molecular complexity index is 1270. The Balaban J connectivity index is 1.54. The van der Waals surface area contributed by atoms with E-state index < -0.39 is 11.8 Å². The number of rotatable bonds is 9. The first kappa shape index (κ1) is 26.0. The van der Waals surface area contributed by atoms with Crippen molar-refractivity contribution in [1.29, 1.82) is 0 Å². The van der Waals surface area contributed by atoms with Gasteiger partial charge in [-0.05, 0) is 60.4 Å². The first-order chi connectivity index (χ1) is 17.4. The third-order valence-electron chi connectivity index (χ3n) is 5.20. The van der Waals surface area contributed by atoms with Crippen LogP contribution in [0.1, 0.15) is 23.6 Å². The number of benzene rings is 3. The predicted octanol–water partition coefficient (Wildman–Crippen LogP) is 3.67. The monoisotopic (exact) mass is 488 g/mol. The van der Waals surface area contributed by atoms with Crippen molar-refractivity contribution >= 4 is 35.3 Å². The molecule has 3 amide bonds. The van der Waals surface area contributed by atoms with E-state index in [1.165, 1.54) is 13.3 Å². The summed E-state index contributed by atoms with van der Waals surface area (Å²) in [5.41, 5.74) is 5.94. The van der Waals surface area contributed by atoms with Gasteiger partial charge in [0, 0.05) is 11.4 Å². The number of carbonyl (C=O) groups excluding carboxylic acids is 3. The summed E-state index contributed by atoms with van der Waals surface area (Å²) in [5.74, 6) is -1.28. The SMILES string of the molecule is CCc1ccccc1NC(=O)COc1ccc(/C=N\NC(=O)C(=O)Nc2ccccc2C)cc1OC. The fraction of sp³-hybridized carbons (Fsp3) is 0.185. The average Bonchev–Trinajstić information content (AvgIpc) is 2.89. The zero-order valence-electron chi connectivity index (χ0n) is 20.3. The summed E-state index contributed by atoms with van der Waals surface area (Å²) in [6.45, 7) is 3.64. The molecule has 0 atom stereocenters. The second-order valence-electron chi connectivity index (χ2n) is 7.73. The highest BCUT2D eigenvalue weighted by Crippen LogP contribution is 2.27. The third-order valence-corrected chi connectivity index (χ3v) is 5.20. The van der Waals surface area contributed by atoms with Crippen LogP contribution in [0.5, 0.6) is 11.5 Å². The molecular formula is C27H28N4O5. The van der Waals surface area contributed by atoms with Gasteiger partial charge >= 0.3 is 11.8 Å². The van der Waals surface area contributed by atoms with Crippen LogP contribution >= 0.6 is 0 Å². The van der Waals surface area contributed by atoms with Crippen molar-refractivity contribution < 1.29 is 23.9 Å². The topological polar surface area (TPSA) is 118 Å². The second kappa shape index (κ2) is 12.7. The molecule has 3 aromatic rings. The minimum atomic E-state index is -0.905. The zero-order chi connectivity index (χ0) is 25.9. The van der Waals surface area contributed by atoms with Crippen LogP contribution in [0.25, 0.3) is 0 Å². The van der Waals surface area contributed by atoms with Crippen molar-refractivity contribution in [2.75, 3.05) is 24.4 Å². The van der Waals surface area contributed by atoms with Gasteiger partial charge in [-0.1, -0.05) is 43.3 Å². The van der Waals surface area contributed by atoms with Gasteiger partial charge in [0.05, 0.1) is 13.3 Å². The molecule has 0 unspecified atom stereocenters. The molecule has 0 aromatic heterocycles. The van der Waals surface area contributed by atoms with Crippen LogP contribution in [0.4, 0.5) is 11.4 Å². The Hall–Kier alpha value is -4.66. The number of anilines is 2. The molecule has 9 nitrogen and oxygen atoms in total. The van der Waals surface area contributed by atoms with Crippen molar-refractivity contribution in [1.82, 2.24) is 5.43 Å². The number of methoxy groups -OCH3 is 1. The summed E-state index contributed by atoms with van der Waals surface area (Å²) in [5, 5.41) is 9.21. The lowest BCUT2D eigenvalue weighted by atomic mass is 10.1. The minimum absolute atomic E-state index is 0.200. The van der Waals surface area contributed by atoms with Crippen LogP contribution in [0.15, 0.2) is 71.8 Å². The number of hydrazone groups is 1. The van der Waals surface area contributed by atoms with E-state index in [0.29, 0.717) is 22.7 Å². The van der Waals surface area contributed by atoms with Gasteiger partial charge in [0.15, 0.2) is 18.1 Å². The molecule has 0 radical (unpaired) electrons. The van der Waals surface area contributed by atoms with Gasteiger partial charge in [-0.3, -0.25) is 14.4 Å². The van der Waals surface area contributed by atoms with Crippen LogP contribution in [0.2, 0.25) is 0 Å². The number of hydrogen-bond acceptors (Lipinski definition) is 6. The summed E-state index contributed by atoms with van der Waals surface area (Å²) < 4.78 is 11.0. The highest BCUT2D eigenvalue weighted by atomic mass is 16.5. The van der Waals surface area contributed by atoms with Crippen molar-refractivity contribution in [3.8, 4) is 11.5 Å². The fourth-order valence-electron chi connectivity index (χ4n) is 3.27. The Morgan fingerprint density at radius 3 is 2.33 bits per heavy atom. The van der Waals surface area contributed by atoms with E-state index in [0.717, 1.165) is 23.2 Å². The summed E-state index contributed by atoms with van der Waals surface area (Å²) in [6.07, 6.45) is 2.16. The second-order valence-corrected chi connectivity index (χ2v) is 7.73. The molecule has 3 aromatic carbocycles. The molecule has 3 rings (SSSR count). The van der Waals surface area contributed by atoms with Gasteiger partial charge in [-0.25, -0.2) is 5.43 Å². The van der Waals surface area contributed by atoms with Crippen LogP contribution in [0, 0.1) is 6.92 Å². The lowest BCUT2D eigenvalue weighted by Gasteiger charge is -2.13. The number of para-hydroxylation sites is 2. The third kappa shape index (κ3) is 7.17. The molecule has 9 heteroatoms. The fourth-order valence-corrected chi connectivity index (χ4v) is 3.27. The molecular weight excluding hydrogens is 460 g/mol. The van der Waals surface area contributed by atoms with Crippen LogP contribution in [0.3, 0.4) is 0 Å². The van der Waals surface area contributed by atoms with E-state index in [2.05, 4.69) is 21.2 Å². The van der Waals surface area contributed by atoms with Crippen LogP contribution in [-0.2, 0) is 20.8 Å². The number of carbonyl (C=O) groups is 3. The maximum Gasteiger partial charge on any atom is 0.329 e. The van der Waals surface area contributed by atoms with E-state index in [9.17, 15) is 14.4 Å². The Morgan fingerprint density at radius 2 is 1.61 bits per heavy atom. The highest BCUT2D eigenvalue weighted by molar-refractivity contribution is 6.39. The molecule has 0 saturated heterocycles. The highest BCUT2D eigenvalue weighted by Gasteiger charge is 2.14. The quantitative estimate of drug-likeness (QED) is 0.241. The molecule has 0 saturated carbocycles. The normalized spacial score (nSPS) is 10.5. The van der Waals surface area contributed by atoms with Gasteiger partial charge in [-0.2, -0.15) is 5.10 Å². The van der Waals surface area contributed by atoms with E-state index in [1.807, 2.05) is 50.2 Å². The molecule has 3 N–H and O–H groups in total. The Kier molecular flexibility index (Phi) is 9.16. The molecule has 0 aliphatic rings. The summed E-state index contributed by atoms with van der Waals surface area (Å²) in [4.78, 5) is 36.4. The van der Waals surface area contributed by atoms with Gasteiger partial charge in [-0.15, -0.1) is 0 Å². The lowest BCUT2D eigenvalue weighted by Crippen LogP contribution is -2.32. The summed E-state index contributed by atoms with van der Waals surface area (Å²) in [6, 6.07) is 19.6. The molecule has 0 aliphatic carbocycles. The van der Waals surface area contributed by atoms with Crippen molar-refractivity contribution in [3.05, 3.63) is 83.4 Å². The maximum atomic E-state index is 12.3. The van der Waals surface area contributed by atoms with Crippen LogP contribution < -0.4 is 25.5 Å². The Labute approximate surface area is 209 Å². The minimum Gasteiger partial charge on any atom is -0.493 e. The van der Waals surface area contributed by atoms with Gasteiger partial charge < -0.3 is 20.1 Å². The largest absolute Gasteiger partial charge is 0.493 e. The summed E-state index contributed by atoms with van der Waals surface area (Å²) in [7, 11) is 1.47. The van der Waals surface area contributed by atoms with Crippen LogP contribution in [-0.4, -0.2) is 37.7 Å². The predicted molar refractivity (Wildman–Crippen MR) is 138 cm³/mol. The van der Waals surface area contributed by atoms with Crippen molar-refractivity contribution in [3.63, 3.8) is 0 Å². The molecule has 36 heavy (non-hydrogen) atoms. The molecule has 0 spiro atoms. The number of nitrogens with one attached hydrogen (secondary N) is 3. The molecule has 0 aliphatic heterocycles. The first-order valence-corrected chi connectivity index (χ1v) is 11.3. The number of aryl methyl sites for hydroxylation is 2. The van der Waals surface area contributed by atoms with E-state index in [1.54, 1.807) is 30.3 Å². The van der Waals surface area contributed by atoms with E-state index >= 15 is 0 Å². The number of nitrogens with zero attached hydrogens (tertiary/aromatic N) is 1. The Morgan fingerprint density at radius 1 is 0.889 bits per heavy atom. The summed E-state index contributed by atoms with van der Waals surface area (Å²) >= 11 is 0. The smallest absolute Gasteiger partial charge is 0.329 e. The number of amides is 3. The molecule has 0 fully saturated rings. The van der Waals surface area contributed by atoms with Gasteiger partial charge in [0.25, 0.3) is 5.91 Å². The number of ether oxygens (including phenoxy) is 2. The van der Waals surface area contributed by atoms with E-state index in [-0.39, 0.29) is 12.5 Å². The molecule has 0 heterocycles. The van der Waals surface area contributed by atoms with Crippen molar-refractivity contribution in [2.45, 2.75) is 20.3 Å². The maximum absolute atomic E-state index is 12.3. The van der Waals surface area contributed by atoms with Crippen molar-refractivity contribution in [2.24, 2.45) is 5.10 Å². The lowest BCUT2D eigenvalue weighted by molar-refractivity contribution is -0.136. The van der Waals surface area contributed by atoms with Gasteiger partial charge in [0.2, 0.25) is 0 Å². The molecule has 186 valence electrons. The molecule has 0 bridgehead atoms. The van der Waals surface area contributed by atoms with Gasteiger partial charge in [0.1, 0.15) is 0 Å². The van der Waals surface area contributed by atoms with E-state index in [4.69, 9.17) is 9.47 Å². The zero-order valence-corrected chi connectivity index (χ0v) is 20.3. The first-order valence-electron chi connectivity index (χ1n) is 11.3.